The largest absolute Gasteiger partial charge is 0.464 e. The molecule has 1 atom stereocenters. The maximum Gasteiger partial charge on any atom is 0.344 e. The molecule has 26 heavy (non-hydrogen) atoms. The molecule has 1 fully saturated rings. The molecule has 1 saturated heterocycles. The molecular weight excluding hydrogens is 342 g/mol. The van der Waals surface area contributed by atoms with Crippen molar-refractivity contribution in [3.63, 3.8) is 0 Å². The Hall–Kier alpha value is -1.93. The number of carbonyl (C=O) groups is 3. The van der Waals surface area contributed by atoms with Crippen molar-refractivity contribution in [3.8, 4) is 0 Å². The van der Waals surface area contributed by atoms with E-state index in [0.29, 0.717) is 6.61 Å². The molecule has 1 unspecified atom stereocenters. The quantitative estimate of drug-likeness (QED) is 0.353. The number of hydrogen-bond donors (Lipinski definition) is 1. The first kappa shape index (κ1) is 22.1. The van der Waals surface area contributed by atoms with Crippen LogP contribution in [0.4, 0.5) is 0 Å². The normalized spacial score (nSPS) is 17.7. The van der Waals surface area contributed by atoms with Gasteiger partial charge in [0.05, 0.1) is 19.8 Å². The second kappa shape index (κ2) is 11.6. The van der Waals surface area contributed by atoms with E-state index < -0.39 is 23.4 Å². The second-order valence-corrected chi connectivity index (χ2v) is 5.83. The third-order valence-corrected chi connectivity index (χ3v) is 3.74. The van der Waals surface area contributed by atoms with Crippen molar-refractivity contribution in [2.24, 2.45) is 0 Å². The summed E-state index contributed by atoms with van der Waals surface area (Å²) in [6, 6.07) is 0. The maximum absolute atomic E-state index is 12.4. The van der Waals surface area contributed by atoms with Gasteiger partial charge in [0.15, 0.2) is 6.29 Å². The van der Waals surface area contributed by atoms with Gasteiger partial charge >= 0.3 is 11.9 Å². The van der Waals surface area contributed by atoms with E-state index in [2.05, 4.69) is 5.32 Å². The fourth-order valence-electron chi connectivity index (χ4n) is 2.55. The van der Waals surface area contributed by atoms with Crippen LogP contribution in [0.15, 0.2) is 12.2 Å². The summed E-state index contributed by atoms with van der Waals surface area (Å²) in [5, 5.41) is 2.40. The average Bonchev–Trinajstić information content (AvgIpc) is 2.61. The van der Waals surface area contributed by atoms with Gasteiger partial charge in [-0.25, -0.2) is 9.59 Å². The topological polar surface area (TPSA) is 100 Å². The molecule has 0 radical (unpaired) electrons. The summed E-state index contributed by atoms with van der Waals surface area (Å²) in [6.45, 7) is 5.57. The lowest BCUT2D eigenvalue weighted by molar-refractivity contribution is -0.167. The summed E-state index contributed by atoms with van der Waals surface area (Å²) in [4.78, 5) is 36.4. The molecule has 0 aromatic heterocycles. The molecule has 148 valence electrons. The molecule has 0 aliphatic carbocycles. The van der Waals surface area contributed by atoms with Gasteiger partial charge in [-0.15, -0.1) is 0 Å². The highest BCUT2D eigenvalue weighted by Gasteiger charge is 2.49. The van der Waals surface area contributed by atoms with Crippen molar-refractivity contribution in [2.75, 3.05) is 26.4 Å². The number of esters is 2. The summed E-state index contributed by atoms with van der Waals surface area (Å²) in [5.74, 6) is -2.24. The number of rotatable bonds is 10. The van der Waals surface area contributed by atoms with Crippen LogP contribution in [-0.4, -0.2) is 56.1 Å². The molecule has 1 rings (SSSR count). The molecule has 0 saturated carbocycles. The highest BCUT2D eigenvalue weighted by molar-refractivity contribution is 6.07. The van der Waals surface area contributed by atoms with E-state index in [1.54, 1.807) is 26.0 Å². The summed E-state index contributed by atoms with van der Waals surface area (Å²) in [6.07, 6.45) is 5.87. The summed E-state index contributed by atoms with van der Waals surface area (Å²) in [5.41, 5.74) is -1.91. The molecule has 8 heteroatoms. The van der Waals surface area contributed by atoms with Crippen molar-refractivity contribution >= 4 is 17.8 Å². The summed E-state index contributed by atoms with van der Waals surface area (Å²) in [7, 11) is 0. The van der Waals surface area contributed by atoms with E-state index in [0.717, 1.165) is 19.3 Å². The van der Waals surface area contributed by atoms with Crippen LogP contribution >= 0.6 is 0 Å². The molecule has 1 N–H and O–H groups in total. The van der Waals surface area contributed by atoms with Crippen LogP contribution in [0.2, 0.25) is 0 Å². The Morgan fingerprint density at radius 3 is 2.27 bits per heavy atom. The van der Waals surface area contributed by atoms with E-state index in [-0.39, 0.29) is 32.5 Å². The lowest BCUT2D eigenvalue weighted by Crippen LogP contribution is -2.60. The number of hydrogen-bond acceptors (Lipinski definition) is 7. The molecule has 1 heterocycles. The molecule has 1 aliphatic heterocycles. The van der Waals surface area contributed by atoms with Gasteiger partial charge in [0.25, 0.3) is 0 Å². The first-order valence-corrected chi connectivity index (χ1v) is 8.97. The van der Waals surface area contributed by atoms with Gasteiger partial charge in [-0.2, -0.15) is 0 Å². The number of nitrogens with one attached hydrogen (secondary N) is 1. The average molecular weight is 371 g/mol. The van der Waals surface area contributed by atoms with Gasteiger partial charge in [0.1, 0.15) is 0 Å². The van der Waals surface area contributed by atoms with Crippen LogP contribution in [0.25, 0.3) is 0 Å². The zero-order chi connectivity index (χ0) is 19.4. The van der Waals surface area contributed by atoms with Crippen molar-refractivity contribution in [1.29, 1.82) is 0 Å². The number of amides is 1. The first-order chi connectivity index (χ1) is 12.5. The standard InChI is InChI=1S/C18H29NO7/c1-4-23-16(21)18(19-14(3)20,17(22)24-5-2)11-7-9-13-26-15-10-6-8-12-25-15/h7,9,15H,4-6,8,10-13H2,1-3H3,(H,19,20)/b9-7-. The van der Waals surface area contributed by atoms with Gasteiger partial charge < -0.3 is 24.3 Å². The lowest BCUT2D eigenvalue weighted by Gasteiger charge is -2.28. The van der Waals surface area contributed by atoms with Crippen LogP contribution in [0.1, 0.15) is 46.5 Å². The first-order valence-electron chi connectivity index (χ1n) is 8.97. The Kier molecular flexibility index (Phi) is 9.90. The van der Waals surface area contributed by atoms with Crippen LogP contribution < -0.4 is 5.32 Å². The molecule has 0 aromatic carbocycles. The van der Waals surface area contributed by atoms with E-state index in [9.17, 15) is 14.4 Å². The molecule has 0 aromatic rings. The van der Waals surface area contributed by atoms with Crippen LogP contribution in [0.5, 0.6) is 0 Å². The van der Waals surface area contributed by atoms with Crippen molar-refractivity contribution in [3.05, 3.63) is 12.2 Å². The van der Waals surface area contributed by atoms with Crippen molar-refractivity contribution in [2.45, 2.75) is 58.3 Å². The van der Waals surface area contributed by atoms with Gasteiger partial charge in [-0.1, -0.05) is 12.2 Å². The predicted molar refractivity (Wildman–Crippen MR) is 93.1 cm³/mol. The van der Waals surface area contributed by atoms with Gasteiger partial charge in [-0.05, 0) is 33.1 Å². The van der Waals surface area contributed by atoms with Crippen LogP contribution in [0.3, 0.4) is 0 Å². The second-order valence-electron chi connectivity index (χ2n) is 5.83. The molecule has 1 amide bonds. The van der Waals surface area contributed by atoms with E-state index in [1.807, 2.05) is 0 Å². The van der Waals surface area contributed by atoms with Gasteiger partial charge in [0, 0.05) is 20.0 Å². The Morgan fingerprint density at radius 1 is 1.12 bits per heavy atom. The Morgan fingerprint density at radius 2 is 1.77 bits per heavy atom. The van der Waals surface area contributed by atoms with Crippen LogP contribution in [0, 0.1) is 0 Å². The monoisotopic (exact) mass is 371 g/mol. The summed E-state index contributed by atoms with van der Waals surface area (Å²) < 4.78 is 21.0. The van der Waals surface area contributed by atoms with E-state index >= 15 is 0 Å². The minimum atomic E-state index is -1.91. The zero-order valence-electron chi connectivity index (χ0n) is 15.7. The third kappa shape index (κ3) is 6.76. The van der Waals surface area contributed by atoms with E-state index in [1.165, 1.54) is 6.92 Å². The number of ether oxygens (including phenoxy) is 4. The fourth-order valence-corrected chi connectivity index (χ4v) is 2.55. The third-order valence-electron chi connectivity index (χ3n) is 3.74. The molecule has 0 bridgehead atoms. The highest BCUT2D eigenvalue weighted by Crippen LogP contribution is 2.18. The van der Waals surface area contributed by atoms with Crippen LogP contribution in [-0.2, 0) is 33.3 Å². The van der Waals surface area contributed by atoms with Crippen molar-refractivity contribution < 1.29 is 33.3 Å². The minimum Gasteiger partial charge on any atom is -0.464 e. The smallest absolute Gasteiger partial charge is 0.344 e. The molecule has 1 aliphatic rings. The van der Waals surface area contributed by atoms with Gasteiger partial charge in [-0.3, -0.25) is 4.79 Å². The molecule has 8 nitrogen and oxygen atoms in total. The lowest BCUT2D eigenvalue weighted by atomic mass is 9.94. The van der Waals surface area contributed by atoms with E-state index in [4.69, 9.17) is 18.9 Å². The number of carbonyl (C=O) groups excluding carboxylic acids is 3. The molecular formula is C18H29NO7. The Bertz CT molecular complexity index is 480. The summed E-state index contributed by atoms with van der Waals surface area (Å²) >= 11 is 0. The molecule has 0 spiro atoms. The zero-order valence-corrected chi connectivity index (χ0v) is 15.7. The maximum atomic E-state index is 12.4. The minimum absolute atomic E-state index is 0.0748. The Labute approximate surface area is 154 Å². The Balaban J connectivity index is 2.77. The predicted octanol–water partition coefficient (Wildman–Crippen LogP) is 1.48. The SMILES string of the molecule is CCOC(=O)C(C/C=C\COC1CCCCO1)(NC(C)=O)C(=O)OCC. The fraction of sp³-hybridized carbons (Fsp3) is 0.722. The van der Waals surface area contributed by atoms with Gasteiger partial charge in [0.2, 0.25) is 11.4 Å². The van der Waals surface area contributed by atoms with Crippen molar-refractivity contribution in [1.82, 2.24) is 5.32 Å². The highest BCUT2D eigenvalue weighted by atomic mass is 16.7.